The van der Waals surface area contributed by atoms with Crippen molar-refractivity contribution >= 4 is 33.9 Å². The lowest BCUT2D eigenvalue weighted by Crippen LogP contribution is -2.01. The highest BCUT2D eigenvalue weighted by molar-refractivity contribution is 5.85. The van der Waals surface area contributed by atoms with Gasteiger partial charge in [0.15, 0.2) is 23.0 Å². The summed E-state index contributed by atoms with van der Waals surface area (Å²) in [4.78, 5) is 13.7. The standard InChI is InChI=1S/C23H20N6O2/c1-30-19-7-5-16(12-20(19)31-2)26-22-23-25-9-10-29(23)13-18(28-22)15-3-6-17-14(11-15)4-8-21(24)27-17/h3-13H,1-2H3,(H2,24,27)(H,26,28). The molecule has 0 saturated heterocycles. The van der Waals surface area contributed by atoms with E-state index in [0.717, 1.165) is 27.8 Å². The van der Waals surface area contributed by atoms with Gasteiger partial charge < -0.3 is 24.9 Å². The zero-order valence-electron chi connectivity index (χ0n) is 17.0. The molecular formula is C23H20N6O2. The minimum atomic E-state index is 0.500. The van der Waals surface area contributed by atoms with Gasteiger partial charge in [0.25, 0.3) is 0 Å². The van der Waals surface area contributed by atoms with E-state index in [1.807, 2.05) is 59.3 Å². The second-order valence-corrected chi connectivity index (χ2v) is 6.97. The van der Waals surface area contributed by atoms with Crippen LogP contribution in [0.4, 0.5) is 17.3 Å². The quantitative estimate of drug-likeness (QED) is 0.444. The molecule has 0 aliphatic carbocycles. The maximum absolute atomic E-state index is 5.80. The largest absolute Gasteiger partial charge is 0.493 e. The van der Waals surface area contributed by atoms with Crippen molar-refractivity contribution < 1.29 is 9.47 Å². The second kappa shape index (κ2) is 7.49. The molecule has 5 rings (SSSR count). The molecule has 0 radical (unpaired) electrons. The van der Waals surface area contributed by atoms with E-state index >= 15 is 0 Å². The van der Waals surface area contributed by atoms with E-state index in [4.69, 9.17) is 20.2 Å². The molecular weight excluding hydrogens is 392 g/mol. The molecule has 0 fully saturated rings. The minimum Gasteiger partial charge on any atom is -0.493 e. The van der Waals surface area contributed by atoms with Crippen molar-refractivity contribution in [2.75, 3.05) is 25.3 Å². The van der Waals surface area contributed by atoms with Gasteiger partial charge in [-0.15, -0.1) is 0 Å². The van der Waals surface area contributed by atoms with Crippen molar-refractivity contribution in [3.8, 4) is 22.8 Å². The number of hydrogen-bond acceptors (Lipinski definition) is 7. The summed E-state index contributed by atoms with van der Waals surface area (Å²) < 4.78 is 12.7. The van der Waals surface area contributed by atoms with Gasteiger partial charge in [-0.05, 0) is 36.4 Å². The number of nitrogen functional groups attached to an aromatic ring is 1. The third-order valence-electron chi connectivity index (χ3n) is 5.03. The monoisotopic (exact) mass is 412 g/mol. The molecule has 0 aliphatic rings. The molecule has 3 N–H and O–H groups in total. The average molecular weight is 412 g/mol. The van der Waals surface area contributed by atoms with Crippen molar-refractivity contribution in [3.63, 3.8) is 0 Å². The van der Waals surface area contributed by atoms with Gasteiger partial charge in [-0.2, -0.15) is 0 Å². The molecule has 0 amide bonds. The molecule has 31 heavy (non-hydrogen) atoms. The van der Waals surface area contributed by atoms with Crippen molar-refractivity contribution in [3.05, 3.63) is 67.1 Å². The Morgan fingerprint density at radius 3 is 2.65 bits per heavy atom. The number of pyridine rings is 1. The van der Waals surface area contributed by atoms with Crippen LogP contribution in [0.2, 0.25) is 0 Å². The number of nitrogens with one attached hydrogen (secondary N) is 1. The second-order valence-electron chi connectivity index (χ2n) is 6.97. The number of nitrogens with zero attached hydrogens (tertiary/aromatic N) is 4. The van der Waals surface area contributed by atoms with Gasteiger partial charge in [-0.1, -0.05) is 6.07 Å². The molecule has 0 spiro atoms. The van der Waals surface area contributed by atoms with Gasteiger partial charge >= 0.3 is 0 Å². The summed E-state index contributed by atoms with van der Waals surface area (Å²) in [6.45, 7) is 0. The molecule has 0 aliphatic heterocycles. The van der Waals surface area contributed by atoms with E-state index in [2.05, 4.69) is 15.3 Å². The maximum Gasteiger partial charge on any atom is 0.180 e. The summed E-state index contributed by atoms with van der Waals surface area (Å²) in [5, 5.41) is 4.35. The number of nitrogens with two attached hydrogens (primary N) is 1. The lowest BCUT2D eigenvalue weighted by atomic mass is 10.1. The molecule has 154 valence electrons. The van der Waals surface area contributed by atoms with E-state index < -0.39 is 0 Å². The van der Waals surface area contributed by atoms with Crippen molar-refractivity contribution in [2.45, 2.75) is 0 Å². The first kappa shape index (κ1) is 18.7. The van der Waals surface area contributed by atoms with Gasteiger partial charge in [0.1, 0.15) is 5.82 Å². The number of anilines is 3. The Labute approximate surface area is 178 Å². The number of rotatable bonds is 5. The Morgan fingerprint density at radius 2 is 1.81 bits per heavy atom. The molecule has 0 atom stereocenters. The van der Waals surface area contributed by atoms with Crippen LogP contribution in [0.25, 0.3) is 27.8 Å². The van der Waals surface area contributed by atoms with Crippen molar-refractivity contribution in [1.29, 1.82) is 0 Å². The van der Waals surface area contributed by atoms with Gasteiger partial charge in [0, 0.05) is 41.3 Å². The van der Waals surface area contributed by atoms with Gasteiger partial charge in [-0.25, -0.2) is 15.0 Å². The van der Waals surface area contributed by atoms with Crippen LogP contribution < -0.4 is 20.5 Å². The number of imidazole rings is 1. The van der Waals surface area contributed by atoms with Crippen molar-refractivity contribution in [1.82, 2.24) is 19.4 Å². The summed E-state index contributed by atoms with van der Waals surface area (Å²) in [5.41, 5.74) is 9.93. The number of hydrogen-bond donors (Lipinski definition) is 2. The van der Waals surface area contributed by atoms with Crippen LogP contribution in [-0.4, -0.2) is 33.6 Å². The molecule has 3 aromatic heterocycles. The first-order valence-corrected chi connectivity index (χ1v) is 9.64. The summed E-state index contributed by atoms with van der Waals surface area (Å²) in [6, 6.07) is 15.3. The third kappa shape index (κ3) is 3.44. The normalized spacial score (nSPS) is 11.0. The predicted octanol–water partition coefficient (Wildman–Crippen LogP) is 4.29. The fourth-order valence-electron chi connectivity index (χ4n) is 3.51. The van der Waals surface area contributed by atoms with Crippen molar-refractivity contribution in [2.24, 2.45) is 0 Å². The number of methoxy groups -OCH3 is 2. The fourth-order valence-corrected chi connectivity index (χ4v) is 3.51. The zero-order valence-corrected chi connectivity index (χ0v) is 17.0. The summed E-state index contributed by atoms with van der Waals surface area (Å²) in [5.74, 6) is 2.42. The van der Waals surface area contributed by atoms with E-state index in [1.165, 1.54) is 0 Å². The van der Waals surface area contributed by atoms with Crippen LogP contribution >= 0.6 is 0 Å². The highest BCUT2D eigenvalue weighted by Gasteiger charge is 2.12. The highest BCUT2D eigenvalue weighted by atomic mass is 16.5. The first-order valence-electron chi connectivity index (χ1n) is 9.64. The third-order valence-corrected chi connectivity index (χ3v) is 5.03. The van der Waals surface area contributed by atoms with Crippen LogP contribution in [-0.2, 0) is 0 Å². The molecule has 2 aromatic carbocycles. The number of fused-ring (bicyclic) bond motifs is 2. The summed E-state index contributed by atoms with van der Waals surface area (Å²) in [7, 11) is 3.22. The first-order chi connectivity index (χ1) is 15.1. The van der Waals surface area contributed by atoms with E-state index in [-0.39, 0.29) is 0 Å². The highest BCUT2D eigenvalue weighted by Crippen LogP contribution is 2.32. The van der Waals surface area contributed by atoms with Crippen LogP contribution in [0.5, 0.6) is 11.5 Å². The van der Waals surface area contributed by atoms with Crippen LogP contribution in [0.15, 0.2) is 67.1 Å². The Kier molecular flexibility index (Phi) is 4.51. The Balaban J connectivity index is 1.58. The summed E-state index contributed by atoms with van der Waals surface area (Å²) in [6.07, 6.45) is 5.59. The van der Waals surface area contributed by atoms with Gasteiger partial charge in [-0.3, -0.25) is 0 Å². The average Bonchev–Trinajstić information content (AvgIpc) is 3.27. The van der Waals surface area contributed by atoms with Gasteiger partial charge in [0.2, 0.25) is 0 Å². The maximum atomic E-state index is 5.80. The number of ether oxygens (including phenoxy) is 2. The van der Waals surface area contributed by atoms with Crippen LogP contribution in [0.3, 0.4) is 0 Å². The Bertz CT molecular complexity index is 1410. The molecule has 8 heteroatoms. The lowest BCUT2D eigenvalue weighted by Gasteiger charge is -2.13. The molecule has 3 heterocycles. The molecule has 0 unspecified atom stereocenters. The van der Waals surface area contributed by atoms with Crippen LogP contribution in [0, 0.1) is 0 Å². The molecule has 0 bridgehead atoms. The summed E-state index contributed by atoms with van der Waals surface area (Å²) >= 11 is 0. The van der Waals surface area contributed by atoms with E-state index in [1.54, 1.807) is 26.5 Å². The van der Waals surface area contributed by atoms with E-state index in [0.29, 0.717) is 28.8 Å². The zero-order chi connectivity index (χ0) is 21.4. The fraction of sp³-hybridized carbons (Fsp3) is 0.0870. The van der Waals surface area contributed by atoms with Crippen LogP contribution in [0.1, 0.15) is 0 Å². The SMILES string of the molecule is COc1ccc(Nc2nc(-c3ccc4nc(N)ccc4c3)cn3ccnc23)cc1OC. The molecule has 5 aromatic rings. The molecule has 0 saturated carbocycles. The predicted molar refractivity (Wildman–Crippen MR) is 121 cm³/mol. The molecule has 8 nitrogen and oxygen atoms in total. The lowest BCUT2D eigenvalue weighted by molar-refractivity contribution is 0.355. The van der Waals surface area contributed by atoms with E-state index in [9.17, 15) is 0 Å². The number of benzene rings is 2. The van der Waals surface area contributed by atoms with Gasteiger partial charge in [0.05, 0.1) is 25.4 Å². The topological polar surface area (TPSA) is 99.6 Å². The smallest absolute Gasteiger partial charge is 0.180 e. The Morgan fingerprint density at radius 1 is 0.935 bits per heavy atom. The Hall–Kier alpha value is -4.33. The minimum absolute atomic E-state index is 0.500. The number of aromatic nitrogens is 4.